The number of carbonyl (C=O) groups is 4. The maximum Gasteiger partial charge on any atom is 0.306 e. The van der Waals surface area contributed by atoms with Crippen molar-refractivity contribution in [1.29, 1.82) is 0 Å². The number of hydrogen-bond donors (Lipinski definition) is 0. The zero-order valence-electron chi connectivity index (χ0n) is 20.6. The van der Waals surface area contributed by atoms with Crippen molar-refractivity contribution in [1.82, 2.24) is 0 Å². The van der Waals surface area contributed by atoms with Gasteiger partial charge in [0, 0.05) is 24.2 Å². The molecule has 33 heavy (non-hydrogen) atoms. The Kier molecular flexibility index (Phi) is 6.34. The van der Waals surface area contributed by atoms with Crippen LogP contribution in [0.25, 0.3) is 0 Å². The van der Waals surface area contributed by atoms with Crippen LogP contribution in [0.2, 0.25) is 0 Å². The molecule has 3 saturated carbocycles. The molecule has 0 spiro atoms. The first-order chi connectivity index (χ1) is 15.6. The van der Waals surface area contributed by atoms with E-state index in [9.17, 15) is 19.2 Å². The van der Waals surface area contributed by atoms with Crippen LogP contribution in [0.1, 0.15) is 86.0 Å². The lowest BCUT2D eigenvalue weighted by atomic mass is 9.46. The Bertz CT molecular complexity index is 889. The van der Waals surface area contributed by atoms with Gasteiger partial charge in [0.05, 0.1) is 0 Å². The van der Waals surface area contributed by atoms with E-state index in [0.29, 0.717) is 17.6 Å². The fourth-order valence-electron chi connectivity index (χ4n) is 8.02. The molecule has 0 aliphatic heterocycles. The van der Waals surface area contributed by atoms with Gasteiger partial charge in [-0.1, -0.05) is 33.3 Å². The lowest BCUT2D eigenvalue weighted by Gasteiger charge is -2.60. The third kappa shape index (κ3) is 3.68. The second kappa shape index (κ2) is 8.66. The smallest absolute Gasteiger partial charge is 0.306 e. The Hall–Kier alpha value is -1.98. The van der Waals surface area contributed by atoms with E-state index in [0.717, 1.165) is 44.1 Å². The van der Waals surface area contributed by atoms with Crippen LogP contribution >= 0.6 is 0 Å². The van der Waals surface area contributed by atoms with E-state index in [1.54, 1.807) is 26.8 Å². The van der Waals surface area contributed by atoms with Crippen LogP contribution in [0.3, 0.4) is 0 Å². The molecule has 4 rings (SSSR count). The van der Waals surface area contributed by atoms with Crippen LogP contribution in [-0.2, 0) is 28.7 Å². The summed E-state index contributed by atoms with van der Waals surface area (Å²) in [6, 6.07) is 0. The van der Waals surface area contributed by atoms with Gasteiger partial charge in [-0.3, -0.25) is 19.2 Å². The van der Waals surface area contributed by atoms with Crippen LogP contribution in [0, 0.1) is 34.5 Å². The molecule has 0 saturated heterocycles. The second-order valence-electron chi connectivity index (χ2n) is 11.1. The summed E-state index contributed by atoms with van der Waals surface area (Å²) in [5.41, 5.74) is 0.477. The molecular weight excluding hydrogens is 420 g/mol. The number of hydrogen-bond acceptors (Lipinski definition) is 6. The fraction of sp³-hybridized carbons (Fsp3) is 0.778. The standard InChI is InChI=1S/C27H38O6/c1-6-22(30)32-24-21(29)14-16-8-9-17-19-11-10-18(15(3)28)26(19,4)13-12-20(17)27(16,5)25(24)33-23(31)7-2/h14,17-20,24-25H,6-13H2,1-5H3/t17-,18+,19-,20-,24?,25?,26+,27-/m0/s1. The highest BCUT2D eigenvalue weighted by Gasteiger charge is 2.64. The Labute approximate surface area is 196 Å². The van der Waals surface area contributed by atoms with Crippen molar-refractivity contribution in [2.24, 2.45) is 34.5 Å². The Balaban J connectivity index is 1.74. The third-order valence-electron chi connectivity index (χ3n) is 9.69. The molecule has 182 valence electrons. The monoisotopic (exact) mass is 458 g/mol. The molecule has 6 nitrogen and oxygen atoms in total. The highest BCUT2D eigenvalue weighted by atomic mass is 16.6. The van der Waals surface area contributed by atoms with E-state index in [-0.39, 0.29) is 41.8 Å². The molecule has 0 bridgehead atoms. The molecule has 3 fully saturated rings. The number of rotatable bonds is 5. The van der Waals surface area contributed by atoms with Crippen molar-refractivity contribution in [3.05, 3.63) is 11.6 Å². The summed E-state index contributed by atoms with van der Waals surface area (Å²) in [6.07, 6.45) is 5.73. The van der Waals surface area contributed by atoms with Gasteiger partial charge in [0.15, 0.2) is 11.9 Å². The third-order valence-corrected chi connectivity index (χ3v) is 9.69. The summed E-state index contributed by atoms with van der Waals surface area (Å²) in [6.45, 7) is 9.56. The van der Waals surface area contributed by atoms with Crippen molar-refractivity contribution in [2.75, 3.05) is 0 Å². The van der Waals surface area contributed by atoms with Crippen molar-refractivity contribution in [3.8, 4) is 0 Å². The van der Waals surface area contributed by atoms with Gasteiger partial charge in [-0.2, -0.15) is 0 Å². The zero-order valence-corrected chi connectivity index (χ0v) is 20.6. The molecule has 0 aromatic rings. The predicted molar refractivity (Wildman–Crippen MR) is 122 cm³/mol. The average molecular weight is 459 g/mol. The Morgan fingerprint density at radius 1 is 0.970 bits per heavy atom. The van der Waals surface area contributed by atoms with Gasteiger partial charge < -0.3 is 9.47 Å². The molecule has 0 N–H and O–H groups in total. The first-order valence-corrected chi connectivity index (χ1v) is 12.7. The van der Waals surface area contributed by atoms with Crippen LogP contribution in [-0.4, -0.2) is 35.7 Å². The minimum absolute atomic E-state index is 0.0126. The number of ketones is 2. The van der Waals surface area contributed by atoms with Crippen LogP contribution in [0.15, 0.2) is 11.6 Å². The summed E-state index contributed by atoms with van der Waals surface area (Å²) in [4.78, 5) is 50.2. The topological polar surface area (TPSA) is 86.7 Å². The van der Waals surface area contributed by atoms with E-state index < -0.39 is 23.6 Å². The molecule has 0 aromatic carbocycles. The van der Waals surface area contributed by atoms with Gasteiger partial charge in [0.1, 0.15) is 5.78 Å². The van der Waals surface area contributed by atoms with Crippen molar-refractivity contribution >= 4 is 23.5 Å². The SMILES string of the molecule is CCC(=O)OC1C(=O)C=C2CC[C@H]3[C@@H]4CC[C@H](C(C)=O)[C@@]4(C)CC[C@@H]3[C@@]2(C)C1OC(=O)CC. The van der Waals surface area contributed by atoms with Crippen molar-refractivity contribution in [2.45, 2.75) is 98.2 Å². The molecular formula is C27H38O6. The van der Waals surface area contributed by atoms with E-state index >= 15 is 0 Å². The lowest BCUT2D eigenvalue weighted by molar-refractivity contribution is -0.191. The molecule has 2 unspecified atom stereocenters. The summed E-state index contributed by atoms with van der Waals surface area (Å²) in [5, 5.41) is 0. The average Bonchev–Trinajstić information content (AvgIpc) is 3.14. The van der Waals surface area contributed by atoms with E-state index in [1.807, 2.05) is 0 Å². The number of ether oxygens (including phenoxy) is 2. The highest BCUT2D eigenvalue weighted by Crippen LogP contribution is 2.67. The predicted octanol–water partition coefficient (Wildman–Crippen LogP) is 4.59. The van der Waals surface area contributed by atoms with Gasteiger partial charge in [0.25, 0.3) is 0 Å². The van der Waals surface area contributed by atoms with E-state index in [1.165, 1.54) is 0 Å². The lowest BCUT2D eigenvalue weighted by Crippen LogP contribution is -2.61. The molecule has 0 aromatic heterocycles. The zero-order chi connectivity index (χ0) is 24.1. The van der Waals surface area contributed by atoms with Crippen LogP contribution in [0.5, 0.6) is 0 Å². The maximum atomic E-state index is 13.1. The Morgan fingerprint density at radius 2 is 1.64 bits per heavy atom. The Morgan fingerprint density at radius 3 is 2.27 bits per heavy atom. The molecule has 0 radical (unpaired) electrons. The normalized spacial score (nSPS) is 41.8. The largest absolute Gasteiger partial charge is 0.457 e. The maximum absolute atomic E-state index is 13.1. The number of fused-ring (bicyclic) bond motifs is 5. The van der Waals surface area contributed by atoms with Crippen molar-refractivity contribution < 1.29 is 28.7 Å². The highest BCUT2D eigenvalue weighted by molar-refractivity contribution is 5.98. The minimum atomic E-state index is -1.10. The first-order valence-electron chi connectivity index (χ1n) is 12.7. The van der Waals surface area contributed by atoms with Gasteiger partial charge in [-0.15, -0.1) is 0 Å². The number of carbonyl (C=O) groups excluding carboxylic acids is 4. The number of Topliss-reactive ketones (excluding diaryl/α,β-unsaturated/α-hetero) is 1. The first kappa shape index (κ1) is 24.2. The summed E-state index contributed by atoms with van der Waals surface area (Å²) < 4.78 is 11.6. The van der Waals surface area contributed by atoms with Gasteiger partial charge in [-0.25, -0.2) is 0 Å². The minimum Gasteiger partial charge on any atom is -0.457 e. The van der Waals surface area contributed by atoms with Gasteiger partial charge in [-0.05, 0) is 74.7 Å². The summed E-state index contributed by atoms with van der Waals surface area (Å²) in [5.74, 6) is 0.345. The van der Waals surface area contributed by atoms with E-state index in [2.05, 4.69) is 13.8 Å². The quantitative estimate of drug-likeness (QED) is 0.560. The van der Waals surface area contributed by atoms with Crippen LogP contribution in [0.4, 0.5) is 0 Å². The van der Waals surface area contributed by atoms with Gasteiger partial charge in [0.2, 0.25) is 6.10 Å². The van der Waals surface area contributed by atoms with Crippen molar-refractivity contribution in [3.63, 3.8) is 0 Å². The fourth-order valence-corrected chi connectivity index (χ4v) is 8.02. The summed E-state index contributed by atoms with van der Waals surface area (Å²) >= 11 is 0. The van der Waals surface area contributed by atoms with Crippen LogP contribution < -0.4 is 0 Å². The molecule has 6 heteroatoms. The van der Waals surface area contributed by atoms with E-state index in [4.69, 9.17) is 9.47 Å². The molecule has 0 heterocycles. The second-order valence-corrected chi connectivity index (χ2v) is 11.1. The number of esters is 2. The molecule has 4 aliphatic rings. The molecule has 8 atom stereocenters. The summed E-state index contributed by atoms with van der Waals surface area (Å²) in [7, 11) is 0. The molecule has 4 aliphatic carbocycles. The molecule has 0 amide bonds. The van der Waals surface area contributed by atoms with Gasteiger partial charge >= 0.3 is 11.9 Å².